The van der Waals surface area contributed by atoms with Gasteiger partial charge in [-0.25, -0.2) is 0 Å². The van der Waals surface area contributed by atoms with Gasteiger partial charge in [0.15, 0.2) is 11.6 Å². The van der Waals surface area contributed by atoms with Gasteiger partial charge in [0.25, 0.3) is 0 Å². The van der Waals surface area contributed by atoms with Gasteiger partial charge in [0.05, 0.1) is 6.04 Å². The highest BCUT2D eigenvalue weighted by atomic mass is 16.2. The van der Waals surface area contributed by atoms with Gasteiger partial charge in [0.1, 0.15) is 5.78 Å². The van der Waals surface area contributed by atoms with Crippen molar-refractivity contribution in [3.8, 4) is 0 Å². The van der Waals surface area contributed by atoms with Gasteiger partial charge < -0.3 is 5.32 Å². The van der Waals surface area contributed by atoms with E-state index >= 15 is 0 Å². The molecule has 4 heteroatoms. The van der Waals surface area contributed by atoms with E-state index in [0.29, 0.717) is 6.42 Å². The second-order valence-electron chi connectivity index (χ2n) is 3.19. The van der Waals surface area contributed by atoms with Crippen LogP contribution in [0.25, 0.3) is 0 Å². The van der Waals surface area contributed by atoms with Crippen LogP contribution in [0.5, 0.6) is 0 Å². The Bertz CT molecular complexity index is 220. The normalized spacial score (nSPS) is 11.0. The minimum atomic E-state index is -0.345. The molecule has 0 radical (unpaired) electrons. The summed E-state index contributed by atoms with van der Waals surface area (Å²) >= 11 is 0. The van der Waals surface area contributed by atoms with Gasteiger partial charge in [-0.15, -0.1) is 0 Å². The molecular formula is C11H21NO3. The maximum atomic E-state index is 10.5. The molecule has 0 aromatic carbocycles. The number of carbonyl (C=O) groups excluding carboxylic acids is 3. The zero-order valence-electron chi connectivity index (χ0n) is 10.2. The Morgan fingerprint density at radius 1 is 1.13 bits per heavy atom. The Morgan fingerprint density at radius 2 is 1.60 bits per heavy atom. The van der Waals surface area contributed by atoms with E-state index < -0.39 is 0 Å². The molecule has 0 rings (SSSR count). The molecule has 1 unspecified atom stereocenters. The number of nitrogens with one attached hydrogen (secondary N) is 1. The number of ketones is 3. The summed E-state index contributed by atoms with van der Waals surface area (Å²) in [5.74, 6) is -0.419. The summed E-state index contributed by atoms with van der Waals surface area (Å²) < 4.78 is 0. The van der Waals surface area contributed by atoms with Gasteiger partial charge >= 0.3 is 0 Å². The van der Waals surface area contributed by atoms with Crippen molar-refractivity contribution in [2.45, 2.75) is 46.6 Å². The van der Waals surface area contributed by atoms with E-state index in [1.807, 2.05) is 6.92 Å². The number of likely N-dealkylation sites (N-methyl/N-ethyl adjacent to an activating group) is 1. The first-order valence-electron chi connectivity index (χ1n) is 5.12. The zero-order valence-corrected chi connectivity index (χ0v) is 10.2. The van der Waals surface area contributed by atoms with E-state index in [1.165, 1.54) is 6.92 Å². The molecule has 0 aliphatic rings. The van der Waals surface area contributed by atoms with Crippen LogP contribution in [-0.2, 0) is 14.4 Å². The molecule has 0 spiro atoms. The molecule has 0 heterocycles. The first kappa shape index (κ1) is 16.4. The number of rotatable bonds is 5. The second kappa shape index (κ2) is 9.52. The minimum absolute atomic E-state index is 0.0648. The molecule has 0 fully saturated rings. The maximum Gasteiger partial charge on any atom is 0.197 e. The smallest absolute Gasteiger partial charge is 0.197 e. The third-order valence-electron chi connectivity index (χ3n) is 1.96. The summed E-state index contributed by atoms with van der Waals surface area (Å²) in [7, 11) is 1.80. The van der Waals surface area contributed by atoms with Crippen molar-refractivity contribution >= 4 is 17.3 Å². The summed E-state index contributed by atoms with van der Waals surface area (Å²) in [5, 5.41) is 2.90. The highest BCUT2D eigenvalue weighted by Gasteiger charge is 2.05. The van der Waals surface area contributed by atoms with Crippen LogP contribution in [0, 0.1) is 0 Å². The summed E-state index contributed by atoms with van der Waals surface area (Å²) in [6.07, 6.45) is 1.21. The van der Waals surface area contributed by atoms with E-state index in [9.17, 15) is 14.4 Å². The van der Waals surface area contributed by atoms with Crippen molar-refractivity contribution in [2.24, 2.45) is 0 Å². The van der Waals surface area contributed by atoms with Crippen molar-refractivity contribution in [1.82, 2.24) is 5.32 Å². The van der Waals surface area contributed by atoms with Crippen molar-refractivity contribution in [2.75, 3.05) is 7.05 Å². The van der Waals surface area contributed by atoms with Crippen LogP contribution in [-0.4, -0.2) is 30.4 Å². The Balaban J connectivity index is 0. The lowest BCUT2D eigenvalue weighted by Crippen LogP contribution is -2.31. The van der Waals surface area contributed by atoms with Crippen molar-refractivity contribution in [3.63, 3.8) is 0 Å². The first-order valence-corrected chi connectivity index (χ1v) is 5.12. The van der Waals surface area contributed by atoms with E-state index in [0.717, 1.165) is 6.42 Å². The predicted molar refractivity (Wildman–Crippen MR) is 59.8 cm³/mol. The average molecular weight is 215 g/mol. The number of carbonyl (C=O) groups is 3. The third-order valence-corrected chi connectivity index (χ3v) is 1.96. The van der Waals surface area contributed by atoms with Crippen molar-refractivity contribution in [1.29, 1.82) is 0 Å². The lowest BCUT2D eigenvalue weighted by molar-refractivity contribution is -0.135. The quantitative estimate of drug-likeness (QED) is 0.698. The molecule has 4 nitrogen and oxygen atoms in total. The van der Waals surface area contributed by atoms with E-state index in [1.54, 1.807) is 20.9 Å². The lowest BCUT2D eigenvalue weighted by atomic mass is 10.1. The van der Waals surface area contributed by atoms with E-state index in [2.05, 4.69) is 5.32 Å². The summed E-state index contributed by atoms with van der Waals surface area (Å²) in [5.41, 5.74) is 0. The Morgan fingerprint density at radius 3 is 1.60 bits per heavy atom. The fourth-order valence-corrected chi connectivity index (χ4v) is 0.944. The van der Waals surface area contributed by atoms with Gasteiger partial charge in [-0.3, -0.25) is 14.4 Å². The van der Waals surface area contributed by atoms with Crippen LogP contribution < -0.4 is 5.32 Å². The molecule has 0 saturated heterocycles. The minimum Gasteiger partial charge on any atom is -0.311 e. The SMILES string of the molecule is CCC(=O)C(C)=O.CCC(NC)C(C)=O. The van der Waals surface area contributed by atoms with Gasteiger partial charge in [0, 0.05) is 13.3 Å². The number of hydrogen-bond acceptors (Lipinski definition) is 4. The molecule has 0 aliphatic heterocycles. The monoisotopic (exact) mass is 215 g/mol. The van der Waals surface area contributed by atoms with Crippen molar-refractivity contribution in [3.05, 3.63) is 0 Å². The first-order chi connectivity index (χ1) is 6.90. The Kier molecular flexibility index (Phi) is 10.4. The van der Waals surface area contributed by atoms with Crippen LogP contribution in [0.4, 0.5) is 0 Å². The molecule has 0 aliphatic carbocycles. The largest absolute Gasteiger partial charge is 0.311 e. The number of Topliss-reactive ketones (excluding diaryl/α,β-unsaturated/α-hetero) is 3. The fourth-order valence-electron chi connectivity index (χ4n) is 0.944. The molecule has 0 bridgehead atoms. The fraction of sp³-hybridized carbons (Fsp3) is 0.727. The second-order valence-corrected chi connectivity index (χ2v) is 3.19. The molecule has 0 amide bonds. The molecule has 0 aromatic rings. The average Bonchev–Trinajstić information content (AvgIpc) is 2.18. The van der Waals surface area contributed by atoms with E-state index in [4.69, 9.17) is 0 Å². The van der Waals surface area contributed by atoms with Crippen LogP contribution in [0.3, 0.4) is 0 Å². The zero-order chi connectivity index (χ0) is 12.4. The van der Waals surface area contributed by atoms with Gasteiger partial charge in [-0.05, 0) is 20.4 Å². The van der Waals surface area contributed by atoms with Crippen molar-refractivity contribution < 1.29 is 14.4 Å². The molecule has 88 valence electrons. The van der Waals surface area contributed by atoms with Gasteiger partial charge in [-0.2, -0.15) is 0 Å². The molecule has 0 saturated carbocycles. The highest BCUT2D eigenvalue weighted by Crippen LogP contribution is 1.88. The Hall–Kier alpha value is -1.03. The summed E-state index contributed by atoms with van der Waals surface area (Å²) in [6.45, 7) is 6.54. The van der Waals surface area contributed by atoms with E-state index in [-0.39, 0.29) is 23.4 Å². The summed E-state index contributed by atoms with van der Waals surface area (Å²) in [4.78, 5) is 30.7. The van der Waals surface area contributed by atoms with Crippen LogP contribution in [0.1, 0.15) is 40.5 Å². The van der Waals surface area contributed by atoms with Crippen LogP contribution in [0.15, 0.2) is 0 Å². The van der Waals surface area contributed by atoms with Gasteiger partial charge in [0.2, 0.25) is 0 Å². The standard InChI is InChI=1S/C6H13NO.C5H8O2/c1-4-6(7-3)5(2)8;1-3-5(7)4(2)6/h6-7H,4H2,1-3H3;3H2,1-2H3. The van der Waals surface area contributed by atoms with Crippen LogP contribution >= 0.6 is 0 Å². The Labute approximate surface area is 91.4 Å². The number of hydrogen-bond donors (Lipinski definition) is 1. The molecule has 0 aromatic heterocycles. The third kappa shape index (κ3) is 9.28. The molecular weight excluding hydrogens is 194 g/mol. The molecule has 15 heavy (non-hydrogen) atoms. The van der Waals surface area contributed by atoms with Gasteiger partial charge in [-0.1, -0.05) is 13.8 Å². The molecule has 1 atom stereocenters. The molecule has 1 N–H and O–H groups in total. The summed E-state index contributed by atoms with van der Waals surface area (Å²) in [6, 6.07) is 0.0648. The lowest BCUT2D eigenvalue weighted by Gasteiger charge is -2.07. The predicted octanol–water partition coefficient (Wildman–Crippen LogP) is 1.13. The highest BCUT2D eigenvalue weighted by molar-refractivity contribution is 6.36. The topological polar surface area (TPSA) is 63.2 Å². The maximum absolute atomic E-state index is 10.5. The van der Waals surface area contributed by atoms with Crippen LogP contribution in [0.2, 0.25) is 0 Å².